The molecule has 1 amide bonds. The van der Waals surface area contributed by atoms with Crippen LogP contribution in [0.25, 0.3) is 0 Å². The molecule has 1 aromatic carbocycles. The van der Waals surface area contributed by atoms with Crippen molar-refractivity contribution in [1.29, 1.82) is 0 Å². The van der Waals surface area contributed by atoms with Gasteiger partial charge in [0.1, 0.15) is 0 Å². The number of nitrogens with one attached hydrogen (secondary N) is 1. The van der Waals surface area contributed by atoms with Gasteiger partial charge in [-0.2, -0.15) is 0 Å². The van der Waals surface area contributed by atoms with Gasteiger partial charge in [0.05, 0.1) is 25.8 Å². The van der Waals surface area contributed by atoms with E-state index in [2.05, 4.69) is 35.3 Å². The van der Waals surface area contributed by atoms with Crippen LogP contribution in [0, 0.1) is 6.92 Å². The minimum Gasteiger partial charge on any atom is -0.320 e. The average Bonchev–Trinajstić information content (AvgIpc) is 2.86. The molecule has 1 N–H and O–H groups in total. The number of halogens is 1. The minimum absolute atomic E-state index is 0.0893. The van der Waals surface area contributed by atoms with Crippen molar-refractivity contribution < 1.29 is 9.28 Å². The number of carbonyl (C=O) groups excluding carboxylic acids is 1. The molecule has 1 fully saturated rings. The van der Waals surface area contributed by atoms with Gasteiger partial charge in [-0.1, -0.05) is 6.07 Å². The van der Waals surface area contributed by atoms with Crippen molar-refractivity contribution in [2.45, 2.75) is 38.6 Å². The molecule has 0 bridgehead atoms. The van der Waals surface area contributed by atoms with E-state index < -0.39 is 0 Å². The molecule has 1 aliphatic carbocycles. The van der Waals surface area contributed by atoms with Crippen LogP contribution in [-0.4, -0.2) is 37.1 Å². The fraction of sp³-hybridized carbons (Fsp3) is 0.562. The summed E-state index contributed by atoms with van der Waals surface area (Å²) in [5.74, 6) is 0.0893. The van der Waals surface area contributed by atoms with Gasteiger partial charge in [-0.15, -0.1) is 0 Å². The number of nitrogens with zero attached hydrogens (tertiary/aromatic N) is 1. The lowest BCUT2D eigenvalue weighted by atomic mass is 10.2. The third-order valence-electron chi connectivity index (χ3n) is 4.26. The lowest BCUT2D eigenvalue weighted by molar-refractivity contribution is -0.906. The summed E-state index contributed by atoms with van der Waals surface area (Å²) < 4.78 is 1.73. The maximum Gasteiger partial charge on any atom is 0.279 e. The second kappa shape index (κ2) is 6.27. The molecule has 0 atom stereocenters. The van der Waals surface area contributed by atoms with Crippen LogP contribution in [0.2, 0.25) is 0 Å². The van der Waals surface area contributed by atoms with Crippen molar-refractivity contribution in [3.63, 3.8) is 0 Å². The molecule has 0 unspecified atom stereocenters. The van der Waals surface area contributed by atoms with E-state index in [4.69, 9.17) is 0 Å². The van der Waals surface area contributed by atoms with Crippen LogP contribution in [0.4, 0.5) is 5.69 Å². The number of anilines is 1. The number of quaternary nitrogens is 1. The number of hydrogen-bond donors (Lipinski definition) is 1. The summed E-state index contributed by atoms with van der Waals surface area (Å²) in [4.78, 5) is 12.3. The fourth-order valence-corrected chi connectivity index (χ4v) is 3.61. The quantitative estimate of drug-likeness (QED) is 0.832. The average molecular weight is 340 g/mol. The summed E-state index contributed by atoms with van der Waals surface area (Å²) in [7, 11) is 4.33. The van der Waals surface area contributed by atoms with Gasteiger partial charge in [-0.25, -0.2) is 0 Å². The van der Waals surface area contributed by atoms with Crippen LogP contribution in [0.1, 0.15) is 31.2 Å². The first-order valence-electron chi connectivity index (χ1n) is 7.27. The minimum atomic E-state index is 0.0893. The number of hydrogen-bond acceptors (Lipinski definition) is 1. The number of carbonyl (C=O) groups is 1. The third kappa shape index (κ3) is 3.83. The number of aryl methyl sites for hydroxylation is 1. The van der Waals surface area contributed by atoms with Gasteiger partial charge in [0.15, 0.2) is 6.54 Å². The molecule has 3 nitrogen and oxygen atoms in total. The van der Waals surface area contributed by atoms with Crippen molar-refractivity contribution in [3.8, 4) is 0 Å². The summed E-state index contributed by atoms with van der Waals surface area (Å²) >= 11 is 3.50. The van der Waals surface area contributed by atoms with Crippen LogP contribution in [0.3, 0.4) is 0 Å². The number of likely N-dealkylation sites (N-methyl/N-ethyl adjacent to an activating group) is 1. The molecule has 4 heteroatoms. The van der Waals surface area contributed by atoms with Gasteiger partial charge < -0.3 is 9.80 Å². The lowest BCUT2D eigenvalue weighted by Gasteiger charge is -2.35. The van der Waals surface area contributed by atoms with Crippen molar-refractivity contribution in [3.05, 3.63) is 28.2 Å². The second-order valence-corrected chi connectivity index (χ2v) is 7.26. The summed E-state index contributed by atoms with van der Waals surface area (Å²) in [6.45, 7) is 2.57. The van der Waals surface area contributed by atoms with Crippen molar-refractivity contribution in [2.75, 3.05) is 26.0 Å². The first-order valence-corrected chi connectivity index (χ1v) is 8.06. The molecule has 0 radical (unpaired) electrons. The number of benzene rings is 1. The molecule has 1 saturated carbocycles. The molecule has 1 aliphatic rings. The summed E-state index contributed by atoms with van der Waals surface area (Å²) in [5, 5.41) is 3.02. The smallest absolute Gasteiger partial charge is 0.279 e. The summed E-state index contributed by atoms with van der Waals surface area (Å²) in [6, 6.07) is 6.61. The van der Waals surface area contributed by atoms with Crippen LogP contribution in [0.15, 0.2) is 22.7 Å². The van der Waals surface area contributed by atoms with E-state index in [1.54, 1.807) is 0 Å². The van der Waals surface area contributed by atoms with E-state index in [1.165, 1.54) is 31.2 Å². The molecule has 0 saturated heterocycles. The van der Waals surface area contributed by atoms with Crippen molar-refractivity contribution in [1.82, 2.24) is 0 Å². The lowest BCUT2D eigenvalue weighted by Crippen LogP contribution is -2.51. The molecule has 0 heterocycles. The zero-order valence-electron chi connectivity index (χ0n) is 12.6. The van der Waals surface area contributed by atoms with Gasteiger partial charge in [-0.3, -0.25) is 4.79 Å². The largest absolute Gasteiger partial charge is 0.320 e. The zero-order valence-corrected chi connectivity index (χ0v) is 14.2. The van der Waals surface area contributed by atoms with Crippen LogP contribution < -0.4 is 5.32 Å². The maximum absolute atomic E-state index is 12.3. The predicted octanol–water partition coefficient (Wildman–Crippen LogP) is 3.72. The van der Waals surface area contributed by atoms with Crippen molar-refractivity contribution in [2.24, 2.45) is 0 Å². The number of amides is 1. The SMILES string of the molecule is Cc1ccc(NC(=O)C[N+](C)(C)C2CCCC2)c(Br)c1. The monoisotopic (exact) mass is 339 g/mol. The first-order chi connectivity index (χ1) is 9.38. The Morgan fingerprint density at radius 1 is 1.35 bits per heavy atom. The van der Waals surface area contributed by atoms with Gasteiger partial charge in [0.25, 0.3) is 5.91 Å². The fourth-order valence-electron chi connectivity index (χ4n) is 3.01. The molecule has 110 valence electrons. The van der Waals surface area contributed by atoms with Crippen LogP contribution in [0.5, 0.6) is 0 Å². The Kier molecular flexibility index (Phi) is 4.86. The topological polar surface area (TPSA) is 29.1 Å². The summed E-state index contributed by atoms with van der Waals surface area (Å²) in [5.41, 5.74) is 2.03. The van der Waals surface area contributed by atoms with Gasteiger partial charge in [0, 0.05) is 4.47 Å². The normalized spacial score (nSPS) is 16.4. The van der Waals surface area contributed by atoms with Crippen molar-refractivity contribution >= 4 is 27.5 Å². The highest BCUT2D eigenvalue weighted by Gasteiger charge is 2.33. The molecule has 1 aromatic rings. The standard InChI is InChI=1S/C16H23BrN2O/c1-12-8-9-15(14(17)10-12)18-16(20)11-19(2,3)13-6-4-5-7-13/h8-10,13H,4-7,11H2,1-3H3/p+1. The number of rotatable bonds is 4. The van der Waals surface area contributed by atoms with Crippen LogP contribution >= 0.6 is 15.9 Å². The second-order valence-electron chi connectivity index (χ2n) is 6.41. The van der Waals surface area contributed by atoms with E-state index >= 15 is 0 Å². The molecular formula is C16H24BrN2O+. The van der Waals surface area contributed by atoms with Gasteiger partial charge in [-0.05, 0) is 66.2 Å². The Morgan fingerprint density at radius 2 is 2.00 bits per heavy atom. The molecule has 0 aliphatic heterocycles. The zero-order chi connectivity index (χ0) is 14.8. The molecular weight excluding hydrogens is 316 g/mol. The summed E-state index contributed by atoms with van der Waals surface area (Å²) in [6.07, 6.45) is 5.10. The maximum atomic E-state index is 12.3. The van der Waals surface area contributed by atoms with Crippen LogP contribution in [-0.2, 0) is 4.79 Å². The van der Waals surface area contributed by atoms with E-state index in [9.17, 15) is 4.79 Å². The molecule has 0 aromatic heterocycles. The predicted molar refractivity (Wildman–Crippen MR) is 86.7 cm³/mol. The highest BCUT2D eigenvalue weighted by atomic mass is 79.9. The molecule has 0 spiro atoms. The Balaban J connectivity index is 1.98. The van der Waals surface area contributed by atoms with E-state index in [0.717, 1.165) is 14.6 Å². The third-order valence-corrected chi connectivity index (χ3v) is 4.92. The molecule has 2 rings (SSSR count). The molecule has 20 heavy (non-hydrogen) atoms. The Bertz CT molecular complexity index is 493. The van der Waals surface area contributed by atoms with Gasteiger partial charge in [0.2, 0.25) is 0 Å². The Labute approximate surface area is 130 Å². The first kappa shape index (κ1) is 15.5. The Hall–Kier alpha value is -0.870. The Morgan fingerprint density at radius 3 is 2.60 bits per heavy atom. The van der Waals surface area contributed by atoms with E-state index in [-0.39, 0.29) is 5.91 Å². The van der Waals surface area contributed by atoms with E-state index in [0.29, 0.717) is 12.6 Å². The highest BCUT2D eigenvalue weighted by Crippen LogP contribution is 2.27. The van der Waals surface area contributed by atoms with E-state index in [1.807, 2.05) is 25.1 Å². The van der Waals surface area contributed by atoms with Gasteiger partial charge >= 0.3 is 0 Å². The highest BCUT2D eigenvalue weighted by molar-refractivity contribution is 9.10.